The molecule has 13 aromatic rings. The molecular formula is C55H33N. The van der Waals surface area contributed by atoms with Crippen LogP contribution < -0.4 is 0 Å². The fraction of sp³-hybridized carbons (Fsp3) is 0.0182. The highest BCUT2D eigenvalue weighted by molar-refractivity contribution is 6.44. The average molecular weight is 708 g/mol. The van der Waals surface area contributed by atoms with E-state index in [0.717, 1.165) is 6.54 Å². The van der Waals surface area contributed by atoms with Crippen molar-refractivity contribution in [2.75, 3.05) is 0 Å². The van der Waals surface area contributed by atoms with Gasteiger partial charge in [-0.1, -0.05) is 170 Å². The lowest BCUT2D eigenvalue weighted by atomic mass is 9.84. The number of hydrogen-bond acceptors (Lipinski definition) is 0. The van der Waals surface area contributed by atoms with Gasteiger partial charge in [-0.25, -0.2) is 0 Å². The summed E-state index contributed by atoms with van der Waals surface area (Å²) in [6.07, 6.45) is 0. The van der Waals surface area contributed by atoms with Crippen molar-refractivity contribution in [2.24, 2.45) is 0 Å². The number of fused-ring (bicyclic) bond motifs is 11. The standard InChI is InChI=1S/C55H33N/c1-3-15-33(16-4-1)49-46-31-45-38-20-8-7-19-37(38)41-24-14-25-42(52(41)45)53(46)50(34-17-5-2-6-18-34)55-44-30-29-35(36-23-13-26-43(51(36)44)54(49)55)32-56-47-27-11-9-21-39(47)40-22-10-12-28-48(40)56/h1-31H,32H2. The number of nitrogens with zero attached hydrogens (tertiary/aromatic N) is 1. The second-order valence-corrected chi connectivity index (χ2v) is 15.5. The van der Waals surface area contributed by atoms with Gasteiger partial charge in [0.1, 0.15) is 0 Å². The van der Waals surface area contributed by atoms with Gasteiger partial charge in [0, 0.05) is 28.4 Å². The van der Waals surface area contributed by atoms with Crippen LogP contribution in [0.4, 0.5) is 0 Å². The summed E-state index contributed by atoms with van der Waals surface area (Å²) in [7, 11) is 0. The Bertz CT molecular complexity index is 3650. The van der Waals surface area contributed by atoms with Crippen LogP contribution in [0.5, 0.6) is 0 Å². The molecule has 13 rings (SSSR count). The Morgan fingerprint density at radius 2 is 0.732 bits per heavy atom. The molecule has 0 bridgehead atoms. The number of para-hydroxylation sites is 2. The Balaban J connectivity index is 1.23. The van der Waals surface area contributed by atoms with Crippen LogP contribution in [0.15, 0.2) is 188 Å². The Kier molecular flexibility index (Phi) is 6.01. The first-order chi connectivity index (χ1) is 27.8. The Morgan fingerprint density at radius 3 is 1.41 bits per heavy atom. The van der Waals surface area contributed by atoms with Crippen LogP contribution in [0.1, 0.15) is 5.56 Å². The monoisotopic (exact) mass is 707 g/mol. The summed E-state index contributed by atoms with van der Waals surface area (Å²) in [4.78, 5) is 0. The van der Waals surface area contributed by atoms with E-state index < -0.39 is 0 Å². The Labute approximate surface area is 322 Å². The third kappa shape index (κ3) is 3.89. The second kappa shape index (κ2) is 11.2. The van der Waals surface area contributed by atoms with E-state index >= 15 is 0 Å². The molecule has 12 aromatic carbocycles. The van der Waals surface area contributed by atoms with E-state index in [-0.39, 0.29) is 0 Å². The summed E-state index contributed by atoms with van der Waals surface area (Å²) in [6.45, 7) is 0.792. The van der Waals surface area contributed by atoms with Crippen LogP contribution in [-0.4, -0.2) is 4.57 Å². The van der Waals surface area contributed by atoms with Gasteiger partial charge >= 0.3 is 0 Å². The quantitative estimate of drug-likeness (QED) is 0.161. The third-order valence-electron chi connectivity index (χ3n) is 12.7. The van der Waals surface area contributed by atoms with Crippen molar-refractivity contribution in [3.8, 4) is 22.3 Å². The number of benzene rings is 10. The van der Waals surface area contributed by atoms with Gasteiger partial charge in [-0.2, -0.15) is 0 Å². The molecule has 0 unspecified atom stereocenters. The minimum absolute atomic E-state index is 0.792. The SMILES string of the molecule is c1ccc(-c2c3cc4c5ccccc5c5cccc(c3c(-c3ccccc3)c3c6ccc(Cn7c8ccccc8c8ccccc87)c7cccc(c23)c76)c54)cc1. The summed E-state index contributed by atoms with van der Waals surface area (Å²) in [6, 6.07) is 70.3. The van der Waals surface area contributed by atoms with E-state index in [1.165, 1.54) is 125 Å². The fourth-order valence-electron chi connectivity index (χ4n) is 10.6. The van der Waals surface area contributed by atoms with Crippen LogP contribution >= 0.6 is 0 Å². The number of hydrogen-bond donors (Lipinski definition) is 0. The first-order valence-electron chi connectivity index (χ1n) is 19.6. The maximum absolute atomic E-state index is 2.53. The molecule has 1 nitrogen and oxygen atoms in total. The topological polar surface area (TPSA) is 4.93 Å². The first-order valence-corrected chi connectivity index (χ1v) is 19.6. The van der Waals surface area contributed by atoms with Crippen molar-refractivity contribution in [1.29, 1.82) is 0 Å². The molecule has 56 heavy (non-hydrogen) atoms. The van der Waals surface area contributed by atoms with E-state index in [1.54, 1.807) is 0 Å². The van der Waals surface area contributed by atoms with E-state index in [4.69, 9.17) is 0 Å². The van der Waals surface area contributed by atoms with E-state index in [2.05, 4.69) is 193 Å². The molecule has 0 N–H and O–H groups in total. The third-order valence-corrected chi connectivity index (χ3v) is 12.7. The summed E-state index contributed by atoms with van der Waals surface area (Å²) < 4.78 is 2.51. The van der Waals surface area contributed by atoms with Crippen molar-refractivity contribution < 1.29 is 0 Å². The molecule has 0 saturated heterocycles. The molecule has 0 atom stereocenters. The largest absolute Gasteiger partial charge is 0.336 e. The summed E-state index contributed by atoms with van der Waals surface area (Å²) >= 11 is 0. The molecule has 0 amide bonds. The van der Waals surface area contributed by atoms with Crippen molar-refractivity contribution >= 4 is 97.2 Å². The zero-order valence-electron chi connectivity index (χ0n) is 30.6. The van der Waals surface area contributed by atoms with Gasteiger partial charge in [0.05, 0.1) is 0 Å². The van der Waals surface area contributed by atoms with Crippen LogP contribution in [-0.2, 0) is 6.54 Å². The molecule has 1 aromatic heterocycles. The molecule has 0 radical (unpaired) electrons. The molecular weight excluding hydrogens is 675 g/mol. The minimum Gasteiger partial charge on any atom is -0.336 e. The van der Waals surface area contributed by atoms with Crippen molar-refractivity contribution in [3.63, 3.8) is 0 Å². The zero-order valence-corrected chi connectivity index (χ0v) is 30.6. The Hall–Kier alpha value is -7.22. The molecule has 1 heterocycles. The molecule has 0 aliphatic heterocycles. The number of rotatable bonds is 4. The molecule has 0 fully saturated rings. The van der Waals surface area contributed by atoms with Gasteiger partial charge in [0.25, 0.3) is 0 Å². The highest BCUT2D eigenvalue weighted by Crippen LogP contribution is 2.54. The normalized spacial score (nSPS) is 12.4. The van der Waals surface area contributed by atoms with Gasteiger partial charge in [0.15, 0.2) is 0 Å². The van der Waals surface area contributed by atoms with Gasteiger partial charge in [-0.3, -0.25) is 0 Å². The first kappa shape index (κ1) is 30.1. The van der Waals surface area contributed by atoms with Crippen molar-refractivity contribution in [1.82, 2.24) is 4.57 Å². The highest BCUT2D eigenvalue weighted by Gasteiger charge is 2.27. The molecule has 258 valence electrons. The van der Waals surface area contributed by atoms with Crippen molar-refractivity contribution in [3.05, 3.63) is 194 Å². The van der Waals surface area contributed by atoms with Crippen LogP contribution in [0.25, 0.3) is 119 Å². The van der Waals surface area contributed by atoms with E-state index in [1.807, 2.05) is 0 Å². The molecule has 1 heteroatoms. The number of aromatic nitrogens is 1. The lowest BCUT2D eigenvalue weighted by Gasteiger charge is -2.19. The zero-order chi connectivity index (χ0) is 36.5. The lowest BCUT2D eigenvalue weighted by Crippen LogP contribution is -2.00. The van der Waals surface area contributed by atoms with Crippen LogP contribution in [0, 0.1) is 0 Å². The van der Waals surface area contributed by atoms with E-state index in [0.29, 0.717) is 0 Å². The predicted molar refractivity (Wildman–Crippen MR) is 241 cm³/mol. The maximum Gasteiger partial charge on any atom is 0.0494 e. The van der Waals surface area contributed by atoms with Crippen LogP contribution in [0.3, 0.4) is 0 Å². The lowest BCUT2D eigenvalue weighted by molar-refractivity contribution is 0.876. The average Bonchev–Trinajstić information content (AvgIpc) is 3.89. The second-order valence-electron chi connectivity index (χ2n) is 15.5. The van der Waals surface area contributed by atoms with Crippen molar-refractivity contribution in [2.45, 2.75) is 6.54 Å². The van der Waals surface area contributed by atoms with Gasteiger partial charge in [-0.15, -0.1) is 0 Å². The predicted octanol–water partition coefficient (Wildman–Crippen LogP) is 15.1. The smallest absolute Gasteiger partial charge is 0.0494 e. The van der Waals surface area contributed by atoms with E-state index in [9.17, 15) is 0 Å². The highest BCUT2D eigenvalue weighted by atomic mass is 15.0. The maximum atomic E-state index is 2.53. The molecule has 0 saturated carbocycles. The summed E-state index contributed by atoms with van der Waals surface area (Å²) in [5, 5.41) is 21.2. The fourth-order valence-corrected chi connectivity index (χ4v) is 10.6. The Morgan fingerprint density at radius 1 is 0.268 bits per heavy atom. The van der Waals surface area contributed by atoms with Gasteiger partial charge in [-0.05, 0) is 121 Å². The molecule has 0 aliphatic carbocycles. The van der Waals surface area contributed by atoms with Gasteiger partial charge in [0.2, 0.25) is 0 Å². The molecule has 0 aliphatic rings. The van der Waals surface area contributed by atoms with Crippen LogP contribution in [0.2, 0.25) is 0 Å². The minimum atomic E-state index is 0.792. The van der Waals surface area contributed by atoms with Gasteiger partial charge < -0.3 is 4.57 Å². The summed E-state index contributed by atoms with van der Waals surface area (Å²) in [5.41, 5.74) is 9.01. The summed E-state index contributed by atoms with van der Waals surface area (Å²) in [5.74, 6) is 0. The molecule has 0 spiro atoms.